The Morgan fingerprint density at radius 3 is 2.47 bits per heavy atom. The van der Waals surface area contributed by atoms with E-state index in [1.165, 1.54) is 17.7 Å². The van der Waals surface area contributed by atoms with Crippen LogP contribution in [0.15, 0.2) is 71.5 Å². The minimum atomic E-state index is -0.375. The van der Waals surface area contributed by atoms with Crippen molar-refractivity contribution in [1.82, 2.24) is 9.55 Å². The smallest absolute Gasteiger partial charge is 0.348 e. The number of aromatic nitrogens is 2. The molecule has 0 amide bonds. The maximum Gasteiger partial charge on any atom is 0.348 e. The van der Waals surface area contributed by atoms with Crippen LogP contribution < -0.4 is 10.4 Å². The number of methoxy groups -OCH3 is 1. The fourth-order valence-electron chi connectivity index (χ4n) is 3.60. The molecular weight excluding hydrogens is 379 g/mol. The van der Waals surface area contributed by atoms with Gasteiger partial charge in [0.2, 0.25) is 0 Å². The zero-order valence-electron chi connectivity index (χ0n) is 17.2. The van der Waals surface area contributed by atoms with Crippen LogP contribution in [0, 0.1) is 5.82 Å². The summed E-state index contributed by atoms with van der Waals surface area (Å²) in [6.45, 7) is 4.52. The third kappa shape index (κ3) is 3.83. The molecule has 0 radical (unpaired) electrons. The number of hydrogen-bond donors (Lipinski definition) is 0. The monoisotopic (exact) mass is 402 g/mol. The van der Waals surface area contributed by atoms with Gasteiger partial charge in [0.25, 0.3) is 0 Å². The largest absolute Gasteiger partial charge is 0.497 e. The predicted octanol–water partition coefficient (Wildman–Crippen LogP) is 5.38. The van der Waals surface area contributed by atoms with Crippen molar-refractivity contribution < 1.29 is 9.13 Å². The molecule has 5 heteroatoms. The molecule has 4 nitrogen and oxygen atoms in total. The van der Waals surface area contributed by atoms with E-state index in [9.17, 15) is 9.18 Å². The van der Waals surface area contributed by atoms with Crippen LogP contribution in [-0.4, -0.2) is 16.7 Å². The van der Waals surface area contributed by atoms with Crippen LogP contribution in [0.3, 0.4) is 0 Å². The molecule has 0 aliphatic rings. The highest BCUT2D eigenvalue weighted by molar-refractivity contribution is 5.93. The van der Waals surface area contributed by atoms with Crippen LogP contribution in [0.25, 0.3) is 22.2 Å². The average Bonchev–Trinajstić information content (AvgIpc) is 2.75. The van der Waals surface area contributed by atoms with Crippen LogP contribution in [0.4, 0.5) is 4.39 Å². The normalized spacial score (nSPS) is 11.2. The lowest BCUT2D eigenvalue weighted by molar-refractivity contribution is 0.415. The Bertz CT molecular complexity index is 1260. The SMILES string of the molecule is COc1ccc2c(c1)c(-c1ccc(C(C)C)cc1)nc(=O)n2Cc1cccc(F)c1. The van der Waals surface area contributed by atoms with Gasteiger partial charge in [0.15, 0.2) is 0 Å². The van der Waals surface area contributed by atoms with Gasteiger partial charge in [0, 0.05) is 10.9 Å². The van der Waals surface area contributed by atoms with E-state index in [4.69, 9.17) is 4.74 Å². The van der Waals surface area contributed by atoms with Gasteiger partial charge in [-0.15, -0.1) is 0 Å². The molecular formula is C25H23FN2O2. The zero-order chi connectivity index (χ0) is 21.3. The van der Waals surface area contributed by atoms with E-state index in [-0.39, 0.29) is 18.1 Å². The van der Waals surface area contributed by atoms with E-state index < -0.39 is 0 Å². The van der Waals surface area contributed by atoms with E-state index in [2.05, 4.69) is 31.0 Å². The minimum absolute atomic E-state index is 0.235. The van der Waals surface area contributed by atoms with Crippen molar-refractivity contribution in [2.24, 2.45) is 0 Å². The second-order valence-electron chi connectivity index (χ2n) is 7.62. The molecule has 0 spiro atoms. The quantitative estimate of drug-likeness (QED) is 0.450. The molecule has 0 aliphatic heterocycles. The van der Waals surface area contributed by atoms with Crippen molar-refractivity contribution in [2.45, 2.75) is 26.3 Å². The van der Waals surface area contributed by atoms with Crippen molar-refractivity contribution >= 4 is 10.9 Å². The van der Waals surface area contributed by atoms with Gasteiger partial charge in [-0.05, 0) is 47.4 Å². The Labute approximate surface area is 174 Å². The lowest BCUT2D eigenvalue weighted by Gasteiger charge is -2.14. The molecule has 0 saturated carbocycles. The molecule has 4 rings (SSSR count). The molecule has 0 N–H and O–H groups in total. The molecule has 0 unspecified atom stereocenters. The van der Waals surface area contributed by atoms with Crippen molar-refractivity contribution in [3.05, 3.63) is 94.2 Å². The summed E-state index contributed by atoms with van der Waals surface area (Å²) in [5.74, 6) is 0.768. The Morgan fingerprint density at radius 2 is 1.80 bits per heavy atom. The highest BCUT2D eigenvalue weighted by atomic mass is 19.1. The first kappa shape index (κ1) is 19.8. The summed E-state index contributed by atoms with van der Waals surface area (Å²) in [7, 11) is 1.61. The number of halogens is 1. The lowest BCUT2D eigenvalue weighted by atomic mass is 9.99. The van der Waals surface area contributed by atoms with Crippen molar-refractivity contribution in [3.8, 4) is 17.0 Å². The topological polar surface area (TPSA) is 44.1 Å². The Morgan fingerprint density at radius 1 is 1.03 bits per heavy atom. The van der Waals surface area contributed by atoms with Gasteiger partial charge < -0.3 is 4.74 Å². The fourth-order valence-corrected chi connectivity index (χ4v) is 3.60. The summed E-state index contributed by atoms with van der Waals surface area (Å²) in [5, 5.41) is 0.808. The third-order valence-electron chi connectivity index (χ3n) is 5.27. The maximum atomic E-state index is 13.6. The van der Waals surface area contributed by atoms with E-state index in [0.29, 0.717) is 22.9 Å². The lowest BCUT2D eigenvalue weighted by Crippen LogP contribution is -2.24. The average molecular weight is 402 g/mol. The number of rotatable bonds is 5. The molecule has 1 aromatic heterocycles. The number of ether oxygens (including phenoxy) is 1. The highest BCUT2D eigenvalue weighted by Crippen LogP contribution is 2.30. The molecule has 1 heterocycles. The molecule has 4 aromatic rings. The minimum Gasteiger partial charge on any atom is -0.497 e. The van der Waals surface area contributed by atoms with E-state index in [1.807, 2.05) is 30.3 Å². The van der Waals surface area contributed by atoms with Gasteiger partial charge in [-0.1, -0.05) is 50.2 Å². The van der Waals surface area contributed by atoms with Crippen LogP contribution in [0.1, 0.15) is 30.9 Å². The summed E-state index contributed by atoms with van der Waals surface area (Å²) in [5.41, 5.74) is 3.75. The van der Waals surface area contributed by atoms with Gasteiger partial charge in [-0.2, -0.15) is 4.98 Å². The molecule has 0 fully saturated rings. The van der Waals surface area contributed by atoms with Gasteiger partial charge in [-0.3, -0.25) is 4.57 Å². The van der Waals surface area contributed by atoms with Gasteiger partial charge in [0.1, 0.15) is 11.6 Å². The van der Waals surface area contributed by atoms with Crippen LogP contribution in [0.2, 0.25) is 0 Å². The molecule has 0 atom stereocenters. The van der Waals surface area contributed by atoms with Crippen LogP contribution in [-0.2, 0) is 6.54 Å². The fraction of sp³-hybridized carbons (Fsp3) is 0.200. The number of benzene rings is 3. The molecule has 0 bridgehead atoms. The summed E-state index contributed by atoms with van der Waals surface area (Å²) in [6, 6.07) is 19.9. The standard InChI is InChI=1S/C25H23FN2O2/c1-16(2)18-7-9-19(10-8-18)24-22-14-21(30-3)11-12-23(22)28(25(29)27-24)15-17-5-4-6-20(26)13-17/h4-14,16H,15H2,1-3H3. The number of fused-ring (bicyclic) bond motifs is 1. The van der Waals surface area contributed by atoms with E-state index >= 15 is 0 Å². The Balaban J connectivity index is 1.90. The summed E-state index contributed by atoms with van der Waals surface area (Å²) >= 11 is 0. The molecule has 0 aliphatic carbocycles. The zero-order valence-corrected chi connectivity index (χ0v) is 17.2. The maximum absolute atomic E-state index is 13.6. The van der Waals surface area contributed by atoms with Crippen LogP contribution >= 0.6 is 0 Å². The highest BCUT2D eigenvalue weighted by Gasteiger charge is 2.14. The van der Waals surface area contributed by atoms with Gasteiger partial charge >= 0.3 is 5.69 Å². The summed E-state index contributed by atoms with van der Waals surface area (Å²) in [6.07, 6.45) is 0. The van der Waals surface area contributed by atoms with Crippen LogP contribution in [0.5, 0.6) is 5.75 Å². The first-order valence-electron chi connectivity index (χ1n) is 9.89. The number of hydrogen-bond acceptors (Lipinski definition) is 3. The van der Waals surface area contributed by atoms with Gasteiger partial charge in [-0.25, -0.2) is 9.18 Å². The predicted molar refractivity (Wildman–Crippen MR) is 118 cm³/mol. The Hall–Kier alpha value is -3.47. The summed E-state index contributed by atoms with van der Waals surface area (Å²) in [4.78, 5) is 17.4. The molecule has 30 heavy (non-hydrogen) atoms. The van der Waals surface area contributed by atoms with Crippen molar-refractivity contribution in [2.75, 3.05) is 7.11 Å². The first-order chi connectivity index (χ1) is 14.5. The van der Waals surface area contributed by atoms with Gasteiger partial charge in [0.05, 0.1) is 24.9 Å². The van der Waals surface area contributed by atoms with Crippen molar-refractivity contribution in [3.63, 3.8) is 0 Å². The molecule has 3 aromatic carbocycles. The third-order valence-corrected chi connectivity index (χ3v) is 5.27. The Kier molecular flexibility index (Phi) is 5.36. The number of nitrogens with zero attached hydrogens (tertiary/aromatic N) is 2. The molecule has 0 saturated heterocycles. The summed E-state index contributed by atoms with van der Waals surface area (Å²) < 4.78 is 20.6. The second-order valence-corrected chi connectivity index (χ2v) is 7.62. The van der Waals surface area contributed by atoms with E-state index in [0.717, 1.165) is 16.5 Å². The van der Waals surface area contributed by atoms with Crippen molar-refractivity contribution in [1.29, 1.82) is 0 Å². The first-order valence-corrected chi connectivity index (χ1v) is 9.89. The molecule has 152 valence electrons. The second kappa shape index (κ2) is 8.11. The van der Waals surface area contributed by atoms with E-state index in [1.54, 1.807) is 23.8 Å².